The molecule has 1 aliphatic rings. The lowest BCUT2D eigenvalue weighted by atomic mass is 9.94. The van der Waals surface area contributed by atoms with Crippen LogP contribution in [0.2, 0.25) is 5.02 Å². The number of nitrogens with zero attached hydrogens (tertiary/aromatic N) is 3. The summed E-state index contributed by atoms with van der Waals surface area (Å²) in [6.45, 7) is 4.02. The molecule has 1 atom stereocenters. The van der Waals surface area contributed by atoms with Gasteiger partial charge in [-0.05, 0) is 43.2 Å². The Labute approximate surface area is 151 Å². The molecule has 128 valence electrons. The van der Waals surface area contributed by atoms with Gasteiger partial charge >= 0.3 is 0 Å². The van der Waals surface area contributed by atoms with Crippen molar-refractivity contribution in [2.75, 3.05) is 5.75 Å². The van der Waals surface area contributed by atoms with E-state index in [2.05, 4.69) is 22.4 Å². The summed E-state index contributed by atoms with van der Waals surface area (Å²) in [6.07, 6.45) is 1.73. The lowest BCUT2D eigenvalue weighted by Gasteiger charge is -2.19. The van der Waals surface area contributed by atoms with Gasteiger partial charge in [-0.2, -0.15) is 0 Å². The third-order valence-electron chi connectivity index (χ3n) is 4.46. The van der Waals surface area contributed by atoms with Crippen LogP contribution in [0.25, 0.3) is 0 Å². The molecule has 0 aliphatic heterocycles. The number of carbonyl (C=O) groups is 1. The SMILES string of the molecule is CCSc1nnc([C@H](C)NC(=O)C2(c3ccc(Cl)cc3)CC2)n1C. The molecule has 0 unspecified atom stereocenters. The number of benzene rings is 1. The minimum absolute atomic E-state index is 0.0463. The van der Waals surface area contributed by atoms with E-state index in [-0.39, 0.29) is 11.9 Å². The molecule has 0 radical (unpaired) electrons. The lowest BCUT2D eigenvalue weighted by Crippen LogP contribution is -2.37. The monoisotopic (exact) mass is 364 g/mol. The van der Waals surface area contributed by atoms with E-state index in [1.165, 1.54) is 0 Å². The van der Waals surface area contributed by atoms with E-state index in [0.717, 1.165) is 35.1 Å². The first-order valence-corrected chi connectivity index (χ1v) is 9.43. The quantitative estimate of drug-likeness (QED) is 0.797. The van der Waals surface area contributed by atoms with E-state index < -0.39 is 5.41 Å². The van der Waals surface area contributed by atoms with Gasteiger partial charge in [0.15, 0.2) is 11.0 Å². The van der Waals surface area contributed by atoms with Crippen LogP contribution in [0.5, 0.6) is 0 Å². The summed E-state index contributed by atoms with van der Waals surface area (Å²) in [7, 11) is 1.93. The van der Waals surface area contributed by atoms with E-state index in [1.54, 1.807) is 11.8 Å². The van der Waals surface area contributed by atoms with Gasteiger partial charge in [-0.15, -0.1) is 10.2 Å². The number of rotatable bonds is 6. The molecule has 7 heteroatoms. The van der Waals surface area contributed by atoms with E-state index in [0.29, 0.717) is 5.02 Å². The van der Waals surface area contributed by atoms with Crippen LogP contribution in [0.15, 0.2) is 29.4 Å². The number of aromatic nitrogens is 3. The first kappa shape index (κ1) is 17.3. The molecule has 24 heavy (non-hydrogen) atoms. The standard InChI is InChI=1S/C17H21ClN4OS/c1-4-24-16-21-20-14(22(16)3)11(2)19-15(23)17(9-10-17)12-5-7-13(18)8-6-12/h5-8,11H,4,9-10H2,1-3H3,(H,19,23)/t11-/m0/s1. The summed E-state index contributed by atoms with van der Waals surface area (Å²) in [5.74, 6) is 1.75. The van der Waals surface area contributed by atoms with E-state index >= 15 is 0 Å². The number of carbonyl (C=O) groups excluding carboxylic acids is 1. The molecule has 5 nitrogen and oxygen atoms in total. The Balaban J connectivity index is 1.73. The molecule has 1 heterocycles. The van der Waals surface area contributed by atoms with Gasteiger partial charge in [-0.25, -0.2) is 0 Å². The predicted molar refractivity (Wildman–Crippen MR) is 96.3 cm³/mol. The van der Waals surface area contributed by atoms with Crippen LogP contribution in [0, 0.1) is 0 Å². The number of amides is 1. The van der Waals surface area contributed by atoms with Crippen LogP contribution < -0.4 is 5.32 Å². The van der Waals surface area contributed by atoms with Crippen molar-refractivity contribution >= 4 is 29.3 Å². The summed E-state index contributed by atoms with van der Waals surface area (Å²) < 4.78 is 1.95. The summed E-state index contributed by atoms with van der Waals surface area (Å²) in [5.41, 5.74) is 0.607. The molecule has 0 bridgehead atoms. The second kappa shape index (κ2) is 6.76. The van der Waals surface area contributed by atoms with Crippen molar-refractivity contribution in [2.45, 2.75) is 43.3 Å². The summed E-state index contributed by atoms with van der Waals surface area (Å²) >= 11 is 7.59. The molecular weight excluding hydrogens is 344 g/mol. The van der Waals surface area contributed by atoms with Crippen LogP contribution in [0.1, 0.15) is 44.1 Å². The van der Waals surface area contributed by atoms with Crippen molar-refractivity contribution in [3.05, 3.63) is 40.7 Å². The molecule has 2 aromatic rings. The van der Waals surface area contributed by atoms with Crippen LogP contribution in [-0.4, -0.2) is 26.4 Å². The first-order chi connectivity index (χ1) is 11.5. The van der Waals surface area contributed by atoms with Crippen molar-refractivity contribution in [1.29, 1.82) is 0 Å². The van der Waals surface area contributed by atoms with Gasteiger partial charge in [-0.3, -0.25) is 4.79 Å². The van der Waals surface area contributed by atoms with Crippen LogP contribution in [0.4, 0.5) is 0 Å². The van der Waals surface area contributed by atoms with Crippen LogP contribution in [-0.2, 0) is 17.3 Å². The van der Waals surface area contributed by atoms with Gasteiger partial charge in [0.25, 0.3) is 0 Å². The topological polar surface area (TPSA) is 59.8 Å². The van der Waals surface area contributed by atoms with E-state index in [1.807, 2.05) is 42.8 Å². The maximum atomic E-state index is 12.8. The fraction of sp³-hybridized carbons (Fsp3) is 0.471. The average molecular weight is 365 g/mol. The molecule has 1 N–H and O–H groups in total. The molecule has 1 fully saturated rings. The van der Waals surface area contributed by atoms with E-state index in [4.69, 9.17) is 11.6 Å². The van der Waals surface area contributed by atoms with Crippen molar-refractivity contribution in [3.8, 4) is 0 Å². The Morgan fingerprint density at radius 2 is 2.04 bits per heavy atom. The Morgan fingerprint density at radius 3 is 2.62 bits per heavy atom. The fourth-order valence-electron chi connectivity index (χ4n) is 2.90. The molecule has 0 saturated heterocycles. The average Bonchev–Trinajstić information content (AvgIpc) is 3.29. The summed E-state index contributed by atoms with van der Waals surface area (Å²) in [5, 5.41) is 13.1. The van der Waals surface area contributed by atoms with Crippen molar-refractivity contribution in [3.63, 3.8) is 0 Å². The Bertz CT molecular complexity index is 740. The zero-order valence-corrected chi connectivity index (χ0v) is 15.6. The zero-order chi connectivity index (χ0) is 17.3. The van der Waals surface area contributed by atoms with Gasteiger partial charge in [-0.1, -0.05) is 42.4 Å². The maximum absolute atomic E-state index is 12.8. The minimum Gasteiger partial charge on any atom is -0.346 e. The molecule has 1 aliphatic carbocycles. The van der Waals surface area contributed by atoms with E-state index in [9.17, 15) is 4.79 Å². The van der Waals surface area contributed by atoms with Gasteiger partial charge in [0.1, 0.15) is 0 Å². The fourth-order valence-corrected chi connectivity index (χ4v) is 3.67. The number of hydrogen-bond acceptors (Lipinski definition) is 4. The summed E-state index contributed by atoms with van der Waals surface area (Å²) in [4.78, 5) is 12.8. The third kappa shape index (κ3) is 3.17. The van der Waals surface area contributed by atoms with Crippen molar-refractivity contribution in [2.24, 2.45) is 7.05 Å². The smallest absolute Gasteiger partial charge is 0.231 e. The van der Waals surface area contributed by atoms with Gasteiger partial charge in [0, 0.05) is 12.1 Å². The highest BCUT2D eigenvalue weighted by Crippen LogP contribution is 2.48. The summed E-state index contributed by atoms with van der Waals surface area (Å²) in [6, 6.07) is 7.37. The minimum atomic E-state index is -0.418. The van der Waals surface area contributed by atoms with Crippen molar-refractivity contribution in [1.82, 2.24) is 20.1 Å². The molecule has 1 aromatic heterocycles. The number of halogens is 1. The van der Waals surface area contributed by atoms with Gasteiger partial charge < -0.3 is 9.88 Å². The van der Waals surface area contributed by atoms with Gasteiger partial charge in [0.2, 0.25) is 5.91 Å². The normalized spacial score (nSPS) is 16.7. The van der Waals surface area contributed by atoms with Gasteiger partial charge in [0.05, 0.1) is 11.5 Å². The zero-order valence-electron chi connectivity index (χ0n) is 14.0. The lowest BCUT2D eigenvalue weighted by molar-refractivity contribution is -0.124. The van der Waals surface area contributed by atoms with Crippen LogP contribution >= 0.6 is 23.4 Å². The number of thioether (sulfide) groups is 1. The number of nitrogens with one attached hydrogen (secondary N) is 1. The number of hydrogen-bond donors (Lipinski definition) is 1. The second-order valence-electron chi connectivity index (χ2n) is 6.12. The molecular formula is C17H21ClN4OS. The van der Waals surface area contributed by atoms with Crippen molar-refractivity contribution < 1.29 is 4.79 Å². The third-order valence-corrected chi connectivity index (χ3v) is 5.61. The molecule has 1 saturated carbocycles. The highest BCUT2D eigenvalue weighted by molar-refractivity contribution is 7.99. The molecule has 0 spiro atoms. The Hall–Kier alpha value is -1.53. The maximum Gasteiger partial charge on any atom is 0.231 e. The molecule has 1 amide bonds. The highest BCUT2D eigenvalue weighted by Gasteiger charge is 2.51. The van der Waals surface area contributed by atoms with Crippen LogP contribution in [0.3, 0.4) is 0 Å². The highest BCUT2D eigenvalue weighted by atomic mass is 35.5. The first-order valence-electron chi connectivity index (χ1n) is 8.07. The molecule has 1 aromatic carbocycles. The molecule has 3 rings (SSSR count). The second-order valence-corrected chi connectivity index (χ2v) is 7.78. The largest absolute Gasteiger partial charge is 0.346 e. The predicted octanol–water partition coefficient (Wildman–Crippen LogP) is 3.49. The Morgan fingerprint density at radius 1 is 1.38 bits per heavy atom. The Kier molecular flexibility index (Phi) is 4.88.